The van der Waals surface area contributed by atoms with E-state index in [9.17, 15) is 4.79 Å². The lowest BCUT2D eigenvalue weighted by atomic mass is 10.3. The third kappa shape index (κ3) is 2.37. The maximum atomic E-state index is 11.7. The minimum Gasteiger partial charge on any atom is -0.464 e. The van der Waals surface area contributed by atoms with Crippen molar-refractivity contribution in [2.24, 2.45) is 0 Å². The number of fused-ring (bicyclic) bond motifs is 1. The quantitative estimate of drug-likeness (QED) is 0.620. The number of nitrogens with zero attached hydrogens (tertiary/aromatic N) is 1. The van der Waals surface area contributed by atoms with E-state index in [1.165, 1.54) is 0 Å². The molecule has 1 aromatic heterocycles. The Kier molecular flexibility index (Phi) is 3.53. The summed E-state index contributed by atoms with van der Waals surface area (Å²) < 4.78 is 9.18. The fourth-order valence-electron chi connectivity index (χ4n) is 1.32. The van der Waals surface area contributed by atoms with Crippen LogP contribution < -0.4 is 0 Å². The number of para-hydroxylation sites is 2. The molecule has 6 heteroatoms. The van der Waals surface area contributed by atoms with Gasteiger partial charge in [-0.1, -0.05) is 12.1 Å². The van der Waals surface area contributed by atoms with Gasteiger partial charge < -0.3 is 9.15 Å². The Morgan fingerprint density at radius 1 is 1.47 bits per heavy atom. The molecular formula is C11H9Br2NO3. The fraction of sp³-hybridized carbons (Fsp3) is 0.273. The van der Waals surface area contributed by atoms with Gasteiger partial charge in [-0.2, -0.15) is 0 Å². The topological polar surface area (TPSA) is 52.3 Å². The molecule has 0 amide bonds. The molecule has 0 N–H and O–H groups in total. The average Bonchev–Trinajstić information content (AvgIpc) is 2.73. The first kappa shape index (κ1) is 12.6. The van der Waals surface area contributed by atoms with Crippen LogP contribution in [0.4, 0.5) is 0 Å². The molecule has 2 rings (SSSR count). The number of halogens is 2. The largest absolute Gasteiger partial charge is 0.464 e. The summed E-state index contributed by atoms with van der Waals surface area (Å²) in [5, 5.41) is 0. The summed E-state index contributed by atoms with van der Waals surface area (Å²) in [7, 11) is 0. The lowest BCUT2D eigenvalue weighted by molar-refractivity contribution is -0.143. The highest BCUT2D eigenvalue weighted by Crippen LogP contribution is 2.40. The number of rotatable bonds is 3. The Labute approximate surface area is 115 Å². The third-order valence-corrected chi connectivity index (χ3v) is 3.42. The molecule has 0 fully saturated rings. The van der Waals surface area contributed by atoms with Crippen molar-refractivity contribution in [2.45, 2.75) is 10.2 Å². The van der Waals surface area contributed by atoms with E-state index in [4.69, 9.17) is 9.15 Å². The molecule has 90 valence electrons. The molecule has 0 radical (unpaired) electrons. The number of aromatic nitrogens is 1. The van der Waals surface area contributed by atoms with Gasteiger partial charge in [-0.05, 0) is 50.9 Å². The smallest absolute Gasteiger partial charge is 0.343 e. The summed E-state index contributed by atoms with van der Waals surface area (Å²) in [6, 6.07) is 7.28. The molecule has 0 unspecified atom stereocenters. The zero-order valence-corrected chi connectivity index (χ0v) is 12.1. The summed E-state index contributed by atoms with van der Waals surface area (Å²) in [4.78, 5) is 16.0. The molecule has 1 aromatic carbocycles. The predicted molar refractivity (Wildman–Crippen MR) is 70.2 cm³/mol. The first-order chi connectivity index (χ1) is 8.05. The number of esters is 1. The average molecular weight is 363 g/mol. The van der Waals surface area contributed by atoms with Gasteiger partial charge in [0.05, 0.1) is 6.61 Å². The maximum Gasteiger partial charge on any atom is 0.343 e. The summed E-state index contributed by atoms with van der Waals surface area (Å²) in [6.45, 7) is 2.03. The summed E-state index contributed by atoms with van der Waals surface area (Å²) in [5.41, 5.74) is 1.31. The van der Waals surface area contributed by atoms with Gasteiger partial charge in [0, 0.05) is 0 Å². The second kappa shape index (κ2) is 4.78. The molecule has 0 atom stereocenters. The number of hydrogen-bond donors (Lipinski definition) is 0. The van der Waals surface area contributed by atoms with Gasteiger partial charge in [0.2, 0.25) is 5.89 Å². The monoisotopic (exact) mass is 361 g/mol. The van der Waals surface area contributed by atoms with Gasteiger partial charge in [0.15, 0.2) is 5.58 Å². The van der Waals surface area contributed by atoms with Crippen molar-refractivity contribution in [1.82, 2.24) is 4.98 Å². The van der Waals surface area contributed by atoms with Crippen LogP contribution >= 0.6 is 31.9 Å². The second-order valence-electron chi connectivity index (χ2n) is 3.28. The third-order valence-electron chi connectivity index (χ3n) is 2.09. The maximum absolute atomic E-state index is 11.7. The molecule has 0 aliphatic rings. The molecule has 0 saturated carbocycles. The van der Waals surface area contributed by atoms with Crippen molar-refractivity contribution in [3.63, 3.8) is 0 Å². The van der Waals surface area contributed by atoms with E-state index in [0.29, 0.717) is 11.1 Å². The normalized spacial score (nSPS) is 11.7. The van der Waals surface area contributed by atoms with E-state index in [1.54, 1.807) is 13.0 Å². The van der Waals surface area contributed by atoms with Gasteiger partial charge in [-0.25, -0.2) is 9.78 Å². The van der Waals surface area contributed by atoms with Crippen molar-refractivity contribution < 1.29 is 13.9 Å². The molecule has 0 spiro atoms. The van der Waals surface area contributed by atoms with Gasteiger partial charge in [0.25, 0.3) is 3.23 Å². The lowest BCUT2D eigenvalue weighted by Crippen LogP contribution is -2.25. The molecule has 0 saturated heterocycles. The summed E-state index contributed by atoms with van der Waals surface area (Å²) >= 11 is 6.44. The molecule has 0 aliphatic carbocycles. The van der Waals surface area contributed by atoms with Gasteiger partial charge in [-0.3, -0.25) is 0 Å². The molecule has 1 heterocycles. The number of oxazole rings is 1. The van der Waals surface area contributed by atoms with Gasteiger partial charge in [0.1, 0.15) is 5.52 Å². The van der Waals surface area contributed by atoms with Crippen LogP contribution in [0.5, 0.6) is 0 Å². The van der Waals surface area contributed by atoms with Crippen LogP contribution in [0, 0.1) is 0 Å². The van der Waals surface area contributed by atoms with E-state index in [2.05, 4.69) is 36.8 Å². The minimum absolute atomic E-state index is 0.220. The molecule has 2 aromatic rings. The number of ether oxygens (including phenoxy) is 1. The Hall–Kier alpha value is -0.880. The zero-order chi connectivity index (χ0) is 12.5. The SMILES string of the molecule is CCOC(=O)C(Br)(Br)c1nc2ccccc2o1. The Bertz CT molecular complexity index is 517. The summed E-state index contributed by atoms with van der Waals surface area (Å²) in [5.74, 6) is -0.274. The van der Waals surface area contributed by atoms with Crippen LogP contribution in [0.15, 0.2) is 28.7 Å². The van der Waals surface area contributed by atoms with Crippen molar-refractivity contribution in [1.29, 1.82) is 0 Å². The highest BCUT2D eigenvalue weighted by molar-refractivity contribution is 9.25. The van der Waals surface area contributed by atoms with Crippen molar-refractivity contribution in [3.8, 4) is 0 Å². The molecule has 4 nitrogen and oxygen atoms in total. The second-order valence-corrected chi connectivity index (χ2v) is 6.72. The van der Waals surface area contributed by atoms with Crippen LogP contribution in [0.1, 0.15) is 12.8 Å². The standard InChI is InChI=1S/C11H9Br2NO3/c1-2-16-10(15)11(12,13)9-14-7-5-3-4-6-8(7)17-9/h3-6H,2H2,1H3. The predicted octanol–water partition coefficient (Wildman–Crippen LogP) is 3.33. The molecule has 0 aliphatic heterocycles. The Balaban J connectivity index is 2.41. The fourth-order valence-corrected chi connectivity index (χ4v) is 1.88. The highest BCUT2D eigenvalue weighted by atomic mass is 79.9. The van der Waals surface area contributed by atoms with E-state index in [1.807, 2.05) is 18.2 Å². The summed E-state index contributed by atoms with van der Waals surface area (Å²) in [6.07, 6.45) is 0. The first-order valence-corrected chi connectivity index (χ1v) is 6.55. The molecule has 17 heavy (non-hydrogen) atoms. The number of carbonyl (C=O) groups excluding carboxylic acids is 1. The van der Waals surface area contributed by atoms with E-state index >= 15 is 0 Å². The number of benzene rings is 1. The van der Waals surface area contributed by atoms with Crippen molar-refractivity contribution in [2.75, 3.05) is 6.61 Å². The van der Waals surface area contributed by atoms with Crippen LogP contribution in [0.2, 0.25) is 0 Å². The van der Waals surface area contributed by atoms with Crippen LogP contribution in [0.25, 0.3) is 11.1 Å². The Morgan fingerprint density at radius 3 is 2.82 bits per heavy atom. The van der Waals surface area contributed by atoms with E-state index in [-0.39, 0.29) is 12.5 Å². The van der Waals surface area contributed by atoms with E-state index < -0.39 is 9.20 Å². The van der Waals surface area contributed by atoms with Crippen LogP contribution in [0.3, 0.4) is 0 Å². The van der Waals surface area contributed by atoms with Gasteiger partial charge in [-0.15, -0.1) is 0 Å². The lowest BCUT2D eigenvalue weighted by Gasteiger charge is -2.13. The zero-order valence-electron chi connectivity index (χ0n) is 8.94. The van der Waals surface area contributed by atoms with Crippen molar-refractivity contribution in [3.05, 3.63) is 30.2 Å². The molecule has 0 bridgehead atoms. The van der Waals surface area contributed by atoms with Crippen molar-refractivity contribution >= 4 is 48.9 Å². The minimum atomic E-state index is -1.24. The molecular weight excluding hydrogens is 354 g/mol. The van der Waals surface area contributed by atoms with Gasteiger partial charge >= 0.3 is 5.97 Å². The Morgan fingerprint density at radius 2 is 2.18 bits per heavy atom. The number of alkyl halides is 2. The van der Waals surface area contributed by atoms with Crippen LogP contribution in [-0.2, 0) is 12.8 Å². The highest BCUT2D eigenvalue weighted by Gasteiger charge is 2.41. The van der Waals surface area contributed by atoms with E-state index in [0.717, 1.165) is 0 Å². The number of hydrogen-bond acceptors (Lipinski definition) is 4. The first-order valence-electron chi connectivity index (χ1n) is 4.96. The number of carbonyl (C=O) groups is 1. The van der Waals surface area contributed by atoms with Crippen LogP contribution in [-0.4, -0.2) is 17.6 Å².